The highest BCUT2D eigenvalue weighted by Crippen LogP contribution is 2.39. The van der Waals surface area contributed by atoms with Gasteiger partial charge in [0, 0.05) is 46.1 Å². The van der Waals surface area contributed by atoms with Crippen LogP contribution in [-0.2, 0) is 16.1 Å². The molecule has 7 heteroatoms. The molecule has 0 unspecified atom stereocenters. The number of thiophene rings is 1. The Morgan fingerprint density at radius 3 is 2.72 bits per heavy atom. The molecule has 0 aliphatic carbocycles. The van der Waals surface area contributed by atoms with Crippen LogP contribution in [0, 0.1) is 0 Å². The fourth-order valence-electron chi connectivity index (χ4n) is 3.79. The number of aliphatic hydroxyl groups is 1. The van der Waals surface area contributed by atoms with E-state index in [1.807, 2.05) is 53.2 Å². The van der Waals surface area contributed by atoms with Crippen LogP contribution in [0.15, 0.2) is 54.9 Å². The molecule has 0 atom stereocenters. The molecule has 4 heterocycles. The van der Waals surface area contributed by atoms with Crippen molar-refractivity contribution in [2.24, 2.45) is 0 Å². The molecule has 0 bridgehead atoms. The van der Waals surface area contributed by atoms with Crippen molar-refractivity contribution in [3.63, 3.8) is 0 Å². The second-order valence-electron chi connectivity index (χ2n) is 6.87. The van der Waals surface area contributed by atoms with Gasteiger partial charge < -0.3 is 9.67 Å². The summed E-state index contributed by atoms with van der Waals surface area (Å²) in [7, 11) is 0. The first kappa shape index (κ1) is 17.8. The molecule has 2 N–H and O–H groups in total. The molecule has 0 saturated heterocycles. The number of aryl methyl sites for hydroxylation is 1. The number of pyridine rings is 1. The lowest BCUT2D eigenvalue weighted by Gasteiger charge is -2.01. The largest absolute Gasteiger partial charge is 0.396 e. The van der Waals surface area contributed by atoms with Crippen LogP contribution >= 0.6 is 11.3 Å². The van der Waals surface area contributed by atoms with E-state index >= 15 is 0 Å². The zero-order chi connectivity index (χ0) is 20.0. The number of aliphatic hydroxyl groups excluding tert-OH is 1. The van der Waals surface area contributed by atoms with Crippen molar-refractivity contribution in [3.8, 4) is 0 Å². The van der Waals surface area contributed by atoms with Gasteiger partial charge in [0.25, 0.3) is 11.8 Å². The minimum absolute atomic E-state index is 0.0660. The van der Waals surface area contributed by atoms with Gasteiger partial charge in [-0.1, -0.05) is 18.2 Å². The van der Waals surface area contributed by atoms with Crippen LogP contribution in [0.4, 0.5) is 0 Å². The maximum atomic E-state index is 12.8. The Balaban J connectivity index is 1.76. The van der Waals surface area contributed by atoms with Crippen LogP contribution in [0.25, 0.3) is 32.3 Å². The summed E-state index contributed by atoms with van der Waals surface area (Å²) in [4.78, 5) is 30.7. The zero-order valence-corrected chi connectivity index (χ0v) is 16.2. The number of aromatic nitrogens is 2. The maximum Gasteiger partial charge on any atom is 0.260 e. The van der Waals surface area contributed by atoms with Crippen LogP contribution in [-0.4, -0.2) is 33.1 Å². The van der Waals surface area contributed by atoms with E-state index in [-0.39, 0.29) is 12.5 Å². The lowest BCUT2D eigenvalue weighted by molar-refractivity contribution is -0.122. The molecule has 1 aliphatic heterocycles. The van der Waals surface area contributed by atoms with E-state index in [1.165, 1.54) is 11.3 Å². The number of benzene rings is 1. The van der Waals surface area contributed by atoms with Gasteiger partial charge in [-0.15, -0.1) is 11.3 Å². The Labute approximate surface area is 170 Å². The SMILES string of the molecule is O=C1NC(=O)C(c2cn(CCCO)c3ncccc23)=C1c1cc2ccccc2s1. The molecule has 1 aromatic carbocycles. The molecule has 0 fully saturated rings. The van der Waals surface area contributed by atoms with E-state index in [2.05, 4.69) is 10.3 Å². The number of fused-ring (bicyclic) bond motifs is 2. The molecule has 29 heavy (non-hydrogen) atoms. The van der Waals surface area contributed by atoms with Crippen molar-refractivity contribution in [1.29, 1.82) is 0 Å². The highest BCUT2D eigenvalue weighted by Gasteiger charge is 2.34. The van der Waals surface area contributed by atoms with Gasteiger partial charge >= 0.3 is 0 Å². The molecule has 0 saturated carbocycles. The molecular formula is C22H17N3O3S. The fourth-order valence-corrected chi connectivity index (χ4v) is 4.90. The van der Waals surface area contributed by atoms with Gasteiger partial charge in [-0.05, 0) is 36.1 Å². The number of rotatable bonds is 5. The van der Waals surface area contributed by atoms with Crippen molar-refractivity contribution in [3.05, 3.63) is 65.3 Å². The Hall–Kier alpha value is -3.29. The molecule has 2 amide bonds. The summed E-state index contributed by atoms with van der Waals surface area (Å²) in [5.41, 5.74) is 2.19. The van der Waals surface area contributed by atoms with Gasteiger partial charge in [0.2, 0.25) is 0 Å². The minimum atomic E-state index is -0.396. The third kappa shape index (κ3) is 2.86. The topological polar surface area (TPSA) is 84.2 Å². The summed E-state index contributed by atoms with van der Waals surface area (Å²) < 4.78 is 2.99. The van der Waals surface area contributed by atoms with Crippen LogP contribution in [0.3, 0.4) is 0 Å². The molecule has 1 aliphatic rings. The molecular weight excluding hydrogens is 386 g/mol. The molecule has 4 aromatic rings. The second kappa shape index (κ2) is 6.95. The molecule has 3 aromatic heterocycles. The van der Waals surface area contributed by atoms with Crippen LogP contribution < -0.4 is 5.32 Å². The van der Waals surface area contributed by atoms with Gasteiger partial charge in [0.15, 0.2) is 0 Å². The van der Waals surface area contributed by atoms with E-state index in [0.29, 0.717) is 29.7 Å². The number of nitrogens with zero attached hydrogens (tertiary/aromatic N) is 2. The number of carbonyl (C=O) groups is 2. The minimum Gasteiger partial charge on any atom is -0.396 e. The lowest BCUT2D eigenvalue weighted by Crippen LogP contribution is -2.22. The Bertz CT molecular complexity index is 1280. The van der Waals surface area contributed by atoms with Gasteiger partial charge in [0.1, 0.15) is 5.65 Å². The molecule has 0 radical (unpaired) electrons. The van der Waals surface area contributed by atoms with E-state index in [4.69, 9.17) is 0 Å². The first-order chi connectivity index (χ1) is 14.2. The van der Waals surface area contributed by atoms with Crippen LogP contribution in [0.1, 0.15) is 16.9 Å². The first-order valence-corrected chi connectivity index (χ1v) is 10.1. The van der Waals surface area contributed by atoms with Gasteiger partial charge in [-0.3, -0.25) is 14.9 Å². The monoisotopic (exact) mass is 403 g/mol. The smallest absolute Gasteiger partial charge is 0.260 e. The molecule has 6 nitrogen and oxygen atoms in total. The molecule has 5 rings (SSSR count). The van der Waals surface area contributed by atoms with E-state index in [9.17, 15) is 14.7 Å². The predicted octanol–water partition coefficient (Wildman–Crippen LogP) is 3.20. The zero-order valence-electron chi connectivity index (χ0n) is 15.4. The van der Waals surface area contributed by atoms with Gasteiger partial charge in [-0.25, -0.2) is 4.98 Å². The second-order valence-corrected chi connectivity index (χ2v) is 7.95. The van der Waals surface area contributed by atoms with Crippen molar-refractivity contribution in [2.45, 2.75) is 13.0 Å². The van der Waals surface area contributed by atoms with Crippen molar-refractivity contribution >= 4 is 55.4 Å². The summed E-state index contributed by atoms with van der Waals surface area (Å²) >= 11 is 1.50. The Kier molecular flexibility index (Phi) is 4.26. The summed E-state index contributed by atoms with van der Waals surface area (Å²) in [5.74, 6) is -0.774. The Morgan fingerprint density at radius 2 is 1.90 bits per heavy atom. The standard InChI is InChI=1S/C22H17N3O3S/c26-10-4-9-25-12-15(14-6-3-8-23-20(14)25)18-19(22(28)24-21(18)27)17-11-13-5-1-2-7-16(13)29-17/h1-3,5-8,11-12,26H,4,9-10H2,(H,24,27,28). The summed E-state index contributed by atoms with van der Waals surface area (Å²) in [6.07, 6.45) is 4.13. The molecule has 144 valence electrons. The number of hydrogen-bond acceptors (Lipinski definition) is 5. The quantitative estimate of drug-likeness (QED) is 0.501. The number of nitrogens with one attached hydrogen (secondary N) is 1. The Morgan fingerprint density at radius 1 is 1.07 bits per heavy atom. The average Bonchev–Trinajstić information content (AvgIpc) is 3.39. The number of hydrogen-bond donors (Lipinski definition) is 2. The predicted molar refractivity (Wildman–Crippen MR) is 113 cm³/mol. The van der Waals surface area contributed by atoms with Crippen molar-refractivity contribution in [2.75, 3.05) is 6.61 Å². The van der Waals surface area contributed by atoms with Crippen molar-refractivity contribution < 1.29 is 14.7 Å². The summed E-state index contributed by atoms with van der Waals surface area (Å²) in [5, 5.41) is 13.5. The molecule has 0 spiro atoms. The van der Waals surface area contributed by atoms with Crippen LogP contribution in [0.5, 0.6) is 0 Å². The summed E-state index contributed by atoms with van der Waals surface area (Å²) in [6.45, 7) is 0.640. The third-order valence-corrected chi connectivity index (χ3v) is 6.20. The van der Waals surface area contributed by atoms with Gasteiger partial charge in [0.05, 0.1) is 11.1 Å². The fraction of sp³-hybridized carbons (Fsp3) is 0.136. The maximum absolute atomic E-state index is 12.8. The van der Waals surface area contributed by atoms with E-state index in [1.54, 1.807) is 6.20 Å². The number of amides is 2. The highest BCUT2D eigenvalue weighted by molar-refractivity contribution is 7.20. The average molecular weight is 403 g/mol. The van der Waals surface area contributed by atoms with Crippen LogP contribution in [0.2, 0.25) is 0 Å². The highest BCUT2D eigenvalue weighted by atomic mass is 32.1. The van der Waals surface area contributed by atoms with E-state index < -0.39 is 5.91 Å². The lowest BCUT2D eigenvalue weighted by atomic mass is 10.0. The normalized spacial score (nSPS) is 14.4. The van der Waals surface area contributed by atoms with E-state index in [0.717, 1.165) is 26.0 Å². The summed E-state index contributed by atoms with van der Waals surface area (Å²) in [6, 6.07) is 13.6. The van der Waals surface area contributed by atoms with Gasteiger partial charge in [-0.2, -0.15) is 0 Å². The van der Waals surface area contributed by atoms with Crippen molar-refractivity contribution in [1.82, 2.24) is 14.9 Å². The first-order valence-electron chi connectivity index (χ1n) is 9.31. The number of imide groups is 1. The third-order valence-electron chi connectivity index (χ3n) is 5.06. The number of carbonyl (C=O) groups excluding carboxylic acids is 2.